The average molecular weight is 243 g/mol. The van der Waals surface area contributed by atoms with E-state index in [2.05, 4.69) is 11.9 Å². The van der Waals surface area contributed by atoms with Gasteiger partial charge in [0.05, 0.1) is 11.6 Å². The topological polar surface area (TPSA) is 12.0 Å². The van der Waals surface area contributed by atoms with Crippen LogP contribution in [0.15, 0.2) is 36.9 Å². The molecule has 1 aromatic rings. The van der Waals surface area contributed by atoms with Crippen molar-refractivity contribution in [3.63, 3.8) is 0 Å². The molecule has 0 amide bonds. The van der Waals surface area contributed by atoms with Crippen LogP contribution in [0.4, 0.5) is 13.2 Å². The molecule has 1 rings (SSSR count). The smallest absolute Gasteiger partial charge is 0.307 e. The molecule has 0 aromatic heterocycles. The molecule has 4 heteroatoms. The summed E-state index contributed by atoms with van der Waals surface area (Å²) in [7, 11) is 0. The van der Waals surface area contributed by atoms with Crippen molar-refractivity contribution < 1.29 is 13.2 Å². The Hall–Kier alpha value is -1.29. The van der Waals surface area contributed by atoms with Crippen molar-refractivity contribution in [1.29, 1.82) is 0 Å². The zero-order valence-electron chi connectivity index (χ0n) is 9.72. The Labute approximate surface area is 99.3 Å². The van der Waals surface area contributed by atoms with Gasteiger partial charge < -0.3 is 5.32 Å². The molecule has 1 unspecified atom stereocenters. The van der Waals surface area contributed by atoms with Gasteiger partial charge in [-0.15, -0.1) is 6.58 Å². The largest absolute Gasteiger partial charge is 0.416 e. The van der Waals surface area contributed by atoms with Crippen LogP contribution in [-0.4, -0.2) is 6.54 Å². The lowest BCUT2D eigenvalue weighted by Gasteiger charge is -2.15. The summed E-state index contributed by atoms with van der Waals surface area (Å²) >= 11 is 0. The molecule has 17 heavy (non-hydrogen) atoms. The van der Waals surface area contributed by atoms with Crippen LogP contribution in [0.3, 0.4) is 0 Å². The number of nitrogens with one attached hydrogen (secondary N) is 1. The van der Waals surface area contributed by atoms with Gasteiger partial charge in [-0.2, -0.15) is 13.2 Å². The molecule has 1 nitrogen and oxygen atoms in total. The van der Waals surface area contributed by atoms with Gasteiger partial charge in [0.15, 0.2) is 0 Å². The molecule has 1 N–H and O–H groups in total. The monoisotopic (exact) mass is 243 g/mol. The fraction of sp³-hybridized carbons (Fsp3) is 0.385. The van der Waals surface area contributed by atoms with Crippen molar-refractivity contribution in [3.8, 4) is 0 Å². The standard InChI is InChI=1S/C13H16F3N/c1-3-9-17-12(4-2)10-5-7-11(8-6-10)13(14,15)16/h4-8,12,17H,2-3,9H2,1H3. The third kappa shape index (κ3) is 3.89. The number of halogens is 3. The lowest BCUT2D eigenvalue weighted by atomic mass is 10.0. The van der Waals surface area contributed by atoms with E-state index in [1.54, 1.807) is 6.08 Å². The molecule has 0 aliphatic heterocycles. The maximum atomic E-state index is 12.4. The normalized spacial score (nSPS) is 13.4. The Morgan fingerprint density at radius 1 is 1.29 bits per heavy atom. The number of rotatable bonds is 5. The molecule has 0 saturated heterocycles. The molecule has 94 valence electrons. The van der Waals surface area contributed by atoms with Gasteiger partial charge in [-0.3, -0.25) is 0 Å². The average Bonchev–Trinajstić information content (AvgIpc) is 2.29. The molecule has 0 bridgehead atoms. The third-order valence-corrected chi connectivity index (χ3v) is 2.45. The highest BCUT2D eigenvalue weighted by Crippen LogP contribution is 2.29. The first-order valence-corrected chi connectivity index (χ1v) is 5.52. The molecule has 0 spiro atoms. The van der Waals surface area contributed by atoms with Crippen molar-refractivity contribution in [3.05, 3.63) is 48.0 Å². The minimum absolute atomic E-state index is 0.0998. The Morgan fingerprint density at radius 2 is 1.88 bits per heavy atom. The SMILES string of the molecule is C=CC(NCCC)c1ccc(C(F)(F)F)cc1. The van der Waals surface area contributed by atoms with E-state index in [4.69, 9.17) is 0 Å². The van der Waals surface area contributed by atoms with Crippen molar-refractivity contribution in [2.24, 2.45) is 0 Å². The molecule has 0 aliphatic rings. The van der Waals surface area contributed by atoms with Crippen LogP contribution >= 0.6 is 0 Å². The van der Waals surface area contributed by atoms with Gasteiger partial charge in [-0.1, -0.05) is 25.1 Å². The van der Waals surface area contributed by atoms with Crippen LogP contribution in [0.2, 0.25) is 0 Å². The fourth-order valence-corrected chi connectivity index (χ4v) is 1.52. The molecule has 0 saturated carbocycles. The molecular weight excluding hydrogens is 227 g/mol. The summed E-state index contributed by atoms with van der Waals surface area (Å²) in [5, 5.41) is 3.19. The summed E-state index contributed by atoms with van der Waals surface area (Å²) < 4.78 is 37.1. The van der Waals surface area contributed by atoms with E-state index in [9.17, 15) is 13.2 Å². The van der Waals surface area contributed by atoms with Crippen LogP contribution in [0.1, 0.15) is 30.5 Å². The van der Waals surface area contributed by atoms with Crippen molar-refractivity contribution in [1.82, 2.24) is 5.32 Å². The molecule has 0 radical (unpaired) electrons. The number of benzene rings is 1. The number of hydrogen-bond donors (Lipinski definition) is 1. The van der Waals surface area contributed by atoms with Crippen molar-refractivity contribution >= 4 is 0 Å². The van der Waals surface area contributed by atoms with Crippen LogP contribution in [-0.2, 0) is 6.18 Å². The van der Waals surface area contributed by atoms with Gasteiger partial charge in [0, 0.05) is 0 Å². The first kappa shape index (κ1) is 13.8. The summed E-state index contributed by atoms with van der Waals surface area (Å²) in [6.07, 6.45) is -1.62. The van der Waals surface area contributed by atoms with Gasteiger partial charge in [0.25, 0.3) is 0 Å². The molecule has 0 fully saturated rings. The van der Waals surface area contributed by atoms with E-state index < -0.39 is 11.7 Å². The highest BCUT2D eigenvalue weighted by molar-refractivity contribution is 5.28. The van der Waals surface area contributed by atoms with E-state index in [0.29, 0.717) is 0 Å². The lowest BCUT2D eigenvalue weighted by Crippen LogP contribution is -2.20. The second kappa shape index (κ2) is 5.87. The van der Waals surface area contributed by atoms with Gasteiger partial charge >= 0.3 is 6.18 Å². The van der Waals surface area contributed by atoms with E-state index in [1.807, 2.05) is 6.92 Å². The van der Waals surface area contributed by atoms with E-state index >= 15 is 0 Å². The third-order valence-electron chi connectivity index (χ3n) is 2.45. The van der Waals surface area contributed by atoms with Crippen LogP contribution in [0, 0.1) is 0 Å². The second-order valence-corrected chi connectivity index (χ2v) is 3.79. The Kier molecular flexibility index (Phi) is 4.75. The van der Waals surface area contributed by atoms with Crippen LogP contribution < -0.4 is 5.32 Å². The summed E-state index contributed by atoms with van der Waals surface area (Å²) in [4.78, 5) is 0. The van der Waals surface area contributed by atoms with E-state index in [1.165, 1.54) is 12.1 Å². The summed E-state index contributed by atoms with van der Waals surface area (Å²) in [5.74, 6) is 0. The zero-order chi connectivity index (χ0) is 12.9. The van der Waals surface area contributed by atoms with Gasteiger partial charge in [-0.25, -0.2) is 0 Å². The predicted molar refractivity (Wildman–Crippen MR) is 62.7 cm³/mol. The minimum Gasteiger partial charge on any atom is -0.307 e. The van der Waals surface area contributed by atoms with Gasteiger partial charge in [-0.05, 0) is 30.7 Å². The van der Waals surface area contributed by atoms with Crippen molar-refractivity contribution in [2.75, 3.05) is 6.54 Å². The van der Waals surface area contributed by atoms with E-state index in [0.717, 1.165) is 30.7 Å². The first-order valence-electron chi connectivity index (χ1n) is 5.52. The van der Waals surface area contributed by atoms with Gasteiger partial charge in [0.1, 0.15) is 0 Å². The van der Waals surface area contributed by atoms with Gasteiger partial charge in [0.2, 0.25) is 0 Å². The molecule has 0 heterocycles. The lowest BCUT2D eigenvalue weighted by molar-refractivity contribution is -0.137. The highest BCUT2D eigenvalue weighted by atomic mass is 19.4. The molecule has 1 aromatic carbocycles. The molecule has 0 aliphatic carbocycles. The fourth-order valence-electron chi connectivity index (χ4n) is 1.52. The van der Waals surface area contributed by atoms with E-state index in [-0.39, 0.29) is 6.04 Å². The summed E-state index contributed by atoms with van der Waals surface area (Å²) in [5.41, 5.74) is 0.168. The van der Waals surface area contributed by atoms with Crippen LogP contribution in [0.5, 0.6) is 0 Å². The summed E-state index contributed by atoms with van der Waals surface area (Å²) in [6, 6.07) is 5.06. The quantitative estimate of drug-likeness (QED) is 0.772. The maximum absolute atomic E-state index is 12.4. The second-order valence-electron chi connectivity index (χ2n) is 3.79. The number of hydrogen-bond acceptors (Lipinski definition) is 1. The Morgan fingerprint density at radius 3 is 2.29 bits per heavy atom. The molecular formula is C13H16F3N. The predicted octanol–water partition coefficient (Wildman–Crippen LogP) is 3.93. The molecule has 1 atom stereocenters. The first-order chi connectivity index (χ1) is 7.99. The number of alkyl halides is 3. The van der Waals surface area contributed by atoms with Crippen LogP contribution in [0.25, 0.3) is 0 Å². The minimum atomic E-state index is -4.28. The highest BCUT2D eigenvalue weighted by Gasteiger charge is 2.30. The summed E-state index contributed by atoms with van der Waals surface area (Å²) in [6.45, 7) is 6.51. The Bertz CT molecular complexity index is 354. The van der Waals surface area contributed by atoms with Crippen molar-refractivity contribution in [2.45, 2.75) is 25.6 Å². The Balaban J connectivity index is 2.81. The maximum Gasteiger partial charge on any atom is 0.416 e. The zero-order valence-corrected chi connectivity index (χ0v) is 9.72.